The number of amides is 3. The van der Waals surface area contributed by atoms with Crippen molar-refractivity contribution in [2.45, 2.75) is 12.8 Å². The summed E-state index contributed by atoms with van der Waals surface area (Å²) >= 11 is 0. The van der Waals surface area contributed by atoms with Gasteiger partial charge in [-0.05, 0) is 37.1 Å². The minimum absolute atomic E-state index is 0.0471. The summed E-state index contributed by atoms with van der Waals surface area (Å²) in [4.78, 5) is 39.1. The number of nitrogens with one attached hydrogen (secondary N) is 2. The first-order chi connectivity index (χ1) is 15.5. The lowest BCUT2D eigenvalue weighted by Crippen LogP contribution is -2.44. The Morgan fingerprint density at radius 1 is 0.875 bits per heavy atom. The molecule has 1 aliphatic heterocycles. The topological polar surface area (TPSA) is 97.0 Å². The van der Waals surface area contributed by atoms with Crippen LogP contribution in [0.4, 0.5) is 0 Å². The van der Waals surface area contributed by atoms with Crippen LogP contribution in [-0.2, 0) is 4.79 Å². The fourth-order valence-electron chi connectivity index (χ4n) is 3.66. The Morgan fingerprint density at radius 3 is 2.06 bits per heavy atom. The van der Waals surface area contributed by atoms with Gasteiger partial charge in [0.1, 0.15) is 11.5 Å². The Labute approximate surface area is 187 Å². The van der Waals surface area contributed by atoms with Crippen LogP contribution in [0.2, 0.25) is 0 Å². The van der Waals surface area contributed by atoms with Gasteiger partial charge in [0.2, 0.25) is 5.91 Å². The van der Waals surface area contributed by atoms with Crippen molar-refractivity contribution in [1.82, 2.24) is 15.5 Å². The fourth-order valence-corrected chi connectivity index (χ4v) is 3.66. The van der Waals surface area contributed by atoms with E-state index in [0.29, 0.717) is 61.6 Å². The number of hydrogen-bond acceptors (Lipinski definition) is 5. The van der Waals surface area contributed by atoms with Crippen LogP contribution in [0.5, 0.6) is 11.5 Å². The molecule has 0 aliphatic carbocycles. The second kappa shape index (κ2) is 11.2. The molecule has 0 radical (unpaired) electrons. The maximum absolute atomic E-state index is 12.9. The maximum atomic E-state index is 12.9. The summed E-state index contributed by atoms with van der Waals surface area (Å²) in [5.41, 5.74) is 1.09. The Bertz CT molecular complexity index is 918. The van der Waals surface area contributed by atoms with Gasteiger partial charge in [-0.1, -0.05) is 18.2 Å². The van der Waals surface area contributed by atoms with Gasteiger partial charge < -0.3 is 25.0 Å². The second-order valence-corrected chi connectivity index (χ2v) is 7.58. The maximum Gasteiger partial charge on any atom is 0.254 e. The van der Waals surface area contributed by atoms with E-state index in [1.807, 2.05) is 6.07 Å². The minimum Gasteiger partial charge on any atom is -0.497 e. The predicted molar refractivity (Wildman–Crippen MR) is 120 cm³/mol. The zero-order chi connectivity index (χ0) is 22.9. The van der Waals surface area contributed by atoms with Crippen LogP contribution in [-0.4, -0.2) is 63.0 Å². The van der Waals surface area contributed by atoms with Crippen LogP contribution in [0.1, 0.15) is 33.6 Å². The third-order valence-electron chi connectivity index (χ3n) is 5.50. The Balaban J connectivity index is 1.42. The molecular weight excluding hydrogens is 410 g/mol. The molecule has 3 amide bonds. The molecule has 0 spiro atoms. The second-order valence-electron chi connectivity index (χ2n) is 7.58. The van der Waals surface area contributed by atoms with Crippen molar-refractivity contribution in [1.29, 1.82) is 0 Å². The van der Waals surface area contributed by atoms with Crippen molar-refractivity contribution in [3.63, 3.8) is 0 Å². The molecule has 8 nitrogen and oxygen atoms in total. The molecule has 1 saturated heterocycles. The Kier molecular flexibility index (Phi) is 8.08. The molecule has 32 heavy (non-hydrogen) atoms. The highest BCUT2D eigenvalue weighted by Gasteiger charge is 2.28. The van der Waals surface area contributed by atoms with Crippen molar-refractivity contribution in [3.8, 4) is 11.5 Å². The minimum atomic E-state index is -0.166. The number of carbonyl (C=O) groups is 3. The van der Waals surface area contributed by atoms with Gasteiger partial charge in [0.15, 0.2) is 0 Å². The average molecular weight is 440 g/mol. The lowest BCUT2D eigenvalue weighted by atomic mass is 9.95. The number of methoxy groups -OCH3 is 2. The van der Waals surface area contributed by atoms with Gasteiger partial charge in [-0.3, -0.25) is 14.4 Å². The molecule has 0 aromatic heterocycles. The number of piperidine rings is 1. The quantitative estimate of drug-likeness (QED) is 0.614. The van der Waals surface area contributed by atoms with E-state index in [2.05, 4.69) is 10.6 Å². The molecule has 1 heterocycles. The third kappa shape index (κ3) is 6.00. The molecule has 0 bridgehead atoms. The first kappa shape index (κ1) is 23.1. The van der Waals surface area contributed by atoms with E-state index < -0.39 is 0 Å². The highest BCUT2D eigenvalue weighted by atomic mass is 16.5. The molecule has 170 valence electrons. The van der Waals surface area contributed by atoms with Crippen molar-refractivity contribution < 1.29 is 23.9 Å². The van der Waals surface area contributed by atoms with Crippen LogP contribution in [0.25, 0.3) is 0 Å². The van der Waals surface area contributed by atoms with Gasteiger partial charge in [-0.2, -0.15) is 0 Å². The predicted octanol–water partition coefficient (Wildman–Crippen LogP) is 2.10. The monoisotopic (exact) mass is 439 g/mol. The molecule has 2 aromatic carbocycles. The van der Waals surface area contributed by atoms with Crippen molar-refractivity contribution >= 4 is 17.7 Å². The molecule has 3 rings (SSSR count). The molecule has 8 heteroatoms. The molecular formula is C24H29N3O5. The molecule has 2 aromatic rings. The third-order valence-corrected chi connectivity index (χ3v) is 5.50. The molecule has 2 N–H and O–H groups in total. The Morgan fingerprint density at radius 2 is 1.47 bits per heavy atom. The smallest absolute Gasteiger partial charge is 0.254 e. The number of nitrogens with zero attached hydrogens (tertiary/aromatic N) is 1. The number of benzene rings is 2. The van der Waals surface area contributed by atoms with E-state index in [1.54, 1.807) is 61.6 Å². The van der Waals surface area contributed by atoms with E-state index in [-0.39, 0.29) is 23.6 Å². The van der Waals surface area contributed by atoms with E-state index in [9.17, 15) is 14.4 Å². The largest absolute Gasteiger partial charge is 0.497 e. The number of rotatable bonds is 8. The summed E-state index contributed by atoms with van der Waals surface area (Å²) in [5.74, 6) is 0.644. The number of ether oxygens (including phenoxy) is 2. The Hall–Kier alpha value is -3.55. The number of hydrogen-bond donors (Lipinski definition) is 2. The summed E-state index contributed by atoms with van der Waals surface area (Å²) in [7, 11) is 3.08. The first-order valence-corrected chi connectivity index (χ1v) is 10.6. The zero-order valence-electron chi connectivity index (χ0n) is 18.4. The lowest BCUT2D eigenvalue weighted by molar-refractivity contribution is -0.126. The highest BCUT2D eigenvalue weighted by molar-refractivity contribution is 5.95. The van der Waals surface area contributed by atoms with Crippen molar-refractivity contribution in [3.05, 3.63) is 59.7 Å². The van der Waals surface area contributed by atoms with Gasteiger partial charge in [-0.15, -0.1) is 0 Å². The fraction of sp³-hybridized carbons (Fsp3) is 0.375. The van der Waals surface area contributed by atoms with Gasteiger partial charge in [-0.25, -0.2) is 0 Å². The van der Waals surface area contributed by atoms with Crippen LogP contribution in [0.15, 0.2) is 48.5 Å². The normalized spacial score (nSPS) is 13.9. The van der Waals surface area contributed by atoms with E-state index in [1.165, 1.54) is 0 Å². The van der Waals surface area contributed by atoms with Crippen LogP contribution in [0, 0.1) is 5.92 Å². The van der Waals surface area contributed by atoms with E-state index in [0.717, 1.165) is 0 Å². The molecule has 0 saturated carbocycles. The zero-order valence-corrected chi connectivity index (χ0v) is 18.4. The first-order valence-electron chi connectivity index (χ1n) is 10.6. The average Bonchev–Trinajstić information content (AvgIpc) is 2.86. The van der Waals surface area contributed by atoms with Gasteiger partial charge in [0.25, 0.3) is 11.8 Å². The summed E-state index contributed by atoms with van der Waals surface area (Å²) in [6.07, 6.45) is 1.18. The van der Waals surface area contributed by atoms with Gasteiger partial charge in [0.05, 0.1) is 14.2 Å². The summed E-state index contributed by atoms with van der Waals surface area (Å²) in [6.45, 7) is 1.72. The molecule has 0 atom stereocenters. The van der Waals surface area contributed by atoms with Gasteiger partial charge in [0, 0.05) is 49.3 Å². The summed E-state index contributed by atoms with van der Waals surface area (Å²) in [6, 6.07) is 14.0. The SMILES string of the molecule is COc1cc(OC)cc(C(=O)N2CCC(C(=O)NCCNC(=O)c3ccccc3)CC2)c1. The number of carbonyl (C=O) groups excluding carboxylic acids is 3. The van der Waals surface area contributed by atoms with Crippen LogP contribution in [0.3, 0.4) is 0 Å². The standard InChI is InChI=1S/C24H29N3O5/c1-31-20-14-19(15-21(16-20)32-2)24(30)27-12-8-18(9-13-27)23(29)26-11-10-25-22(28)17-6-4-3-5-7-17/h3-7,14-16,18H,8-13H2,1-2H3,(H,25,28)(H,26,29). The number of likely N-dealkylation sites (tertiary alicyclic amines) is 1. The van der Waals surface area contributed by atoms with E-state index in [4.69, 9.17) is 9.47 Å². The molecule has 1 aliphatic rings. The molecule has 0 unspecified atom stereocenters. The molecule has 1 fully saturated rings. The van der Waals surface area contributed by atoms with Crippen molar-refractivity contribution in [2.24, 2.45) is 5.92 Å². The van der Waals surface area contributed by atoms with Crippen molar-refractivity contribution in [2.75, 3.05) is 40.4 Å². The van der Waals surface area contributed by atoms with Gasteiger partial charge >= 0.3 is 0 Å². The van der Waals surface area contributed by atoms with Crippen LogP contribution < -0.4 is 20.1 Å². The highest BCUT2D eigenvalue weighted by Crippen LogP contribution is 2.25. The van der Waals surface area contributed by atoms with Crippen LogP contribution >= 0.6 is 0 Å². The summed E-state index contributed by atoms with van der Waals surface area (Å²) < 4.78 is 10.5. The summed E-state index contributed by atoms with van der Waals surface area (Å²) in [5, 5.41) is 5.66. The van der Waals surface area contributed by atoms with E-state index >= 15 is 0 Å². The lowest BCUT2D eigenvalue weighted by Gasteiger charge is -2.31.